The van der Waals surface area contributed by atoms with Gasteiger partial charge < -0.3 is 15.0 Å². The quantitative estimate of drug-likeness (QED) is 0.673. The number of rotatable bonds is 7. The van der Waals surface area contributed by atoms with Gasteiger partial charge in [0, 0.05) is 19.2 Å². The van der Waals surface area contributed by atoms with Crippen molar-refractivity contribution in [1.82, 2.24) is 10.2 Å². The van der Waals surface area contributed by atoms with Crippen LogP contribution in [0.2, 0.25) is 0 Å². The Kier molecular flexibility index (Phi) is 7.01. The molecule has 0 aromatic rings. The Hall–Kier alpha value is -0.120. The second-order valence-electron chi connectivity index (χ2n) is 4.89. The van der Waals surface area contributed by atoms with Crippen molar-refractivity contribution in [2.45, 2.75) is 51.7 Å². The van der Waals surface area contributed by atoms with Gasteiger partial charge in [-0.1, -0.05) is 6.42 Å². The lowest BCUT2D eigenvalue weighted by Gasteiger charge is -2.32. The van der Waals surface area contributed by atoms with Gasteiger partial charge in [-0.3, -0.25) is 0 Å². The molecule has 1 aliphatic heterocycles. The standard InChI is InChI=1S/C13H28N2O/c1-4-16-12(2)11-14-9-8-13-7-5-6-10-15(13)3/h12-14H,4-11H2,1-3H3. The second-order valence-corrected chi connectivity index (χ2v) is 4.89. The average Bonchev–Trinajstić information content (AvgIpc) is 2.27. The van der Waals surface area contributed by atoms with E-state index in [0.717, 1.165) is 25.7 Å². The largest absolute Gasteiger partial charge is 0.377 e. The van der Waals surface area contributed by atoms with Crippen LogP contribution in [0.25, 0.3) is 0 Å². The normalized spacial score (nSPS) is 24.6. The van der Waals surface area contributed by atoms with Crippen LogP contribution < -0.4 is 5.32 Å². The molecule has 0 aromatic carbocycles. The average molecular weight is 228 g/mol. The van der Waals surface area contributed by atoms with E-state index in [1.54, 1.807) is 0 Å². The SMILES string of the molecule is CCOC(C)CNCCC1CCCCN1C. The minimum atomic E-state index is 0.342. The molecule has 3 nitrogen and oxygen atoms in total. The summed E-state index contributed by atoms with van der Waals surface area (Å²) in [5.74, 6) is 0. The Bertz CT molecular complexity index is 175. The summed E-state index contributed by atoms with van der Waals surface area (Å²) in [5, 5.41) is 3.49. The molecule has 0 spiro atoms. The predicted octanol–water partition coefficient (Wildman–Crippen LogP) is 1.88. The third-order valence-electron chi connectivity index (χ3n) is 3.46. The predicted molar refractivity (Wildman–Crippen MR) is 68.8 cm³/mol. The number of likely N-dealkylation sites (tertiary alicyclic amines) is 1. The highest BCUT2D eigenvalue weighted by Gasteiger charge is 2.17. The zero-order valence-corrected chi connectivity index (χ0v) is 11.2. The fourth-order valence-electron chi connectivity index (χ4n) is 2.43. The van der Waals surface area contributed by atoms with Crippen LogP contribution in [0.15, 0.2) is 0 Å². The van der Waals surface area contributed by atoms with Crippen molar-refractivity contribution in [3.05, 3.63) is 0 Å². The van der Waals surface area contributed by atoms with Crippen LogP contribution in [0, 0.1) is 0 Å². The number of hydrogen-bond donors (Lipinski definition) is 1. The van der Waals surface area contributed by atoms with Crippen LogP contribution in [-0.2, 0) is 4.74 Å². The molecule has 3 heteroatoms. The van der Waals surface area contributed by atoms with Gasteiger partial charge in [0.15, 0.2) is 0 Å². The van der Waals surface area contributed by atoms with Crippen LogP contribution in [0.4, 0.5) is 0 Å². The van der Waals surface area contributed by atoms with E-state index in [2.05, 4.69) is 24.2 Å². The van der Waals surface area contributed by atoms with Gasteiger partial charge in [-0.25, -0.2) is 0 Å². The molecule has 0 bridgehead atoms. The third-order valence-corrected chi connectivity index (χ3v) is 3.46. The Balaban J connectivity index is 2.01. The Morgan fingerprint density at radius 2 is 2.25 bits per heavy atom. The Labute approximate surface area is 101 Å². The fourth-order valence-corrected chi connectivity index (χ4v) is 2.43. The Morgan fingerprint density at radius 1 is 1.44 bits per heavy atom. The van der Waals surface area contributed by atoms with Gasteiger partial charge in [-0.05, 0) is 53.2 Å². The van der Waals surface area contributed by atoms with Crippen molar-refractivity contribution in [3.8, 4) is 0 Å². The molecule has 0 radical (unpaired) electrons. The highest BCUT2D eigenvalue weighted by Crippen LogP contribution is 2.16. The first-order valence-electron chi connectivity index (χ1n) is 6.76. The lowest BCUT2D eigenvalue weighted by Crippen LogP contribution is -2.39. The summed E-state index contributed by atoms with van der Waals surface area (Å²) in [7, 11) is 2.26. The molecule has 16 heavy (non-hydrogen) atoms. The number of nitrogens with one attached hydrogen (secondary N) is 1. The summed E-state index contributed by atoms with van der Waals surface area (Å²) < 4.78 is 5.48. The minimum absolute atomic E-state index is 0.342. The first-order valence-corrected chi connectivity index (χ1v) is 6.76. The Morgan fingerprint density at radius 3 is 2.94 bits per heavy atom. The topological polar surface area (TPSA) is 24.5 Å². The zero-order valence-electron chi connectivity index (χ0n) is 11.2. The molecule has 1 saturated heterocycles. The van der Waals surface area contributed by atoms with Gasteiger partial charge in [-0.2, -0.15) is 0 Å². The first-order chi connectivity index (χ1) is 7.74. The summed E-state index contributed by atoms with van der Waals surface area (Å²) in [5.41, 5.74) is 0. The van der Waals surface area contributed by atoms with Gasteiger partial charge in [0.1, 0.15) is 0 Å². The monoisotopic (exact) mass is 228 g/mol. The van der Waals surface area contributed by atoms with Gasteiger partial charge >= 0.3 is 0 Å². The second kappa shape index (κ2) is 8.04. The molecular weight excluding hydrogens is 200 g/mol. The molecule has 1 heterocycles. The van der Waals surface area contributed by atoms with Crippen molar-refractivity contribution in [2.75, 3.05) is 33.3 Å². The van der Waals surface area contributed by atoms with E-state index in [9.17, 15) is 0 Å². The summed E-state index contributed by atoms with van der Waals surface area (Å²) in [4.78, 5) is 2.51. The maximum Gasteiger partial charge on any atom is 0.0671 e. The van der Waals surface area contributed by atoms with Crippen LogP contribution in [-0.4, -0.2) is 50.3 Å². The molecular formula is C13H28N2O. The zero-order chi connectivity index (χ0) is 11.8. The highest BCUT2D eigenvalue weighted by molar-refractivity contribution is 4.74. The summed E-state index contributed by atoms with van der Waals surface area (Å²) in [6.07, 6.45) is 5.77. The van der Waals surface area contributed by atoms with Crippen LogP contribution in [0.1, 0.15) is 39.5 Å². The van der Waals surface area contributed by atoms with E-state index in [4.69, 9.17) is 4.74 Å². The molecule has 0 amide bonds. The number of nitrogens with zero attached hydrogens (tertiary/aromatic N) is 1. The van der Waals surface area contributed by atoms with Crippen molar-refractivity contribution < 1.29 is 4.74 Å². The smallest absolute Gasteiger partial charge is 0.0671 e. The lowest BCUT2D eigenvalue weighted by atomic mass is 10.0. The van der Waals surface area contributed by atoms with Crippen LogP contribution in [0.5, 0.6) is 0 Å². The van der Waals surface area contributed by atoms with Gasteiger partial charge in [0.05, 0.1) is 6.10 Å². The van der Waals surface area contributed by atoms with E-state index in [1.165, 1.54) is 32.2 Å². The summed E-state index contributed by atoms with van der Waals surface area (Å²) in [6.45, 7) is 8.36. The van der Waals surface area contributed by atoms with Crippen molar-refractivity contribution >= 4 is 0 Å². The minimum Gasteiger partial charge on any atom is -0.377 e. The fraction of sp³-hybridized carbons (Fsp3) is 1.00. The van der Waals surface area contributed by atoms with E-state index in [1.807, 2.05) is 6.92 Å². The molecule has 1 rings (SSSR count). The summed E-state index contributed by atoms with van der Waals surface area (Å²) >= 11 is 0. The van der Waals surface area contributed by atoms with Crippen molar-refractivity contribution in [3.63, 3.8) is 0 Å². The molecule has 2 unspecified atom stereocenters. The maximum atomic E-state index is 5.48. The summed E-state index contributed by atoms with van der Waals surface area (Å²) in [6, 6.07) is 0.795. The maximum absolute atomic E-state index is 5.48. The first kappa shape index (κ1) is 13.9. The van der Waals surface area contributed by atoms with Gasteiger partial charge in [0.25, 0.3) is 0 Å². The number of ether oxygens (including phenoxy) is 1. The third kappa shape index (κ3) is 5.28. The van der Waals surface area contributed by atoms with Gasteiger partial charge in [0.2, 0.25) is 0 Å². The van der Waals surface area contributed by atoms with Gasteiger partial charge in [-0.15, -0.1) is 0 Å². The van der Waals surface area contributed by atoms with E-state index < -0.39 is 0 Å². The molecule has 1 fully saturated rings. The molecule has 0 aliphatic carbocycles. The van der Waals surface area contributed by atoms with E-state index in [-0.39, 0.29) is 0 Å². The van der Waals surface area contributed by atoms with Crippen LogP contribution in [0.3, 0.4) is 0 Å². The highest BCUT2D eigenvalue weighted by atomic mass is 16.5. The molecule has 1 N–H and O–H groups in total. The molecule has 0 saturated carbocycles. The van der Waals surface area contributed by atoms with Crippen molar-refractivity contribution in [2.24, 2.45) is 0 Å². The van der Waals surface area contributed by atoms with Crippen molar-refractivity contribution in [1.29, 1.82) is 0 Å². The van der Waals surface area contributed by atoms with E-state index in [0.29, 0.717) is 6.10 Å². The lowest BCUT2D eigenvalue weighted by molar-refractivity contribution is 0.0754. The number of piperidine rings is 1. The van der Waals surface area contributed by atoms with E-state index >= 15 is 0 Å². The molecule has 96 valence electrons. The number of hydrogen-bond acceptors (Lipinski definition) is 3. The molecule has 0 aromatic heterocycles. The van der Waals surface area contributed by atoms with Crippen LogP contribution >= 0.6 is 0 Å². The molecule has 1 aliphatic rings. The molecule has 2 atom stereocenters.